The highest BCUT2D eigenvalue weighted by Crippen LogP contribution is 2.23. The second-order valence-electron chi connectivity index (χ2n) is 5.84. The van der Waals surface area contributed by atoms with Crippen molar-refractivity contribution in [1.82, 2.24) is 15.1 Å². The van der Waals surface area contributed by atoms with E-state index >= 15 is 0 Å². The first-order valence-corrected chi connectivity index (χ1v) is 7.72. The number of hydrogen-bond acceptors (Lipinski definition) is 3. The van der Waals surface area contributed by atoms with Crippen LogP contribution in [0.3, 0.4) is 0 Å². The van der Waals surface area contributed by atoms with Crippen LogP contribution in [-0.2, 0) is 0 Å². The fourth-order valence-corrected chi connectivity index (χ4v) is 3.24. The molecule has 0 aliphatic carbocycles. The van der Waals surface area contributed by atoms with E-state index < -0.39 is 0 Å². The van der Waals surface area contributed by atoms with Gasteiger partial charge in [-0.3, -0.25) is 0 Å². The minimum Gasteiger partial charge on any atom is -0.371 e. The third-order valence-electron chi connectivity index (χ3n) is 4.31. The Bertz CT molecular complexity index is 396. The van der Waals surface area contributed by atoms with Crippen molar-refractivity contribution in [3.8, 4) is 0 Å². The van der Waals surface area contributed by atoms with Gasteiger partial charge in [0.15, 0.2) is 0 Å². The molecule has 0 aromatic heterocycles. The molecule has 0 saturated carbocycles. The van der Waals surface area contributed by atoms with Crippen LogP contribution >= 0.6 is 0 Å². The molecule has 1 N–H and O–H groups in total. The Labute approximate surface area is 116 Å². The smallest absolute Gasteiger partial charge is 0.108 e. The lowest BCUT2D eigenvalue weighted by atomic mass is 10.1. The lowest BCUT2D eigenvalue weighted by Gasteiger charge is -2.36. The lowest BCUT2D eigenvalue weighted by molar-refractivity contribution is 0.263. The molecule has 3 aliphatic rings. The summed E-state index contributed by atoms with van der Waals surface area (Å²) in [6.45, 7) is 8.88. The molecule has 3 rings (SSSR count). The van der Waals surface area contributed by atoms with Crippen LogP contribution in [0.15, 0.2) is 35.9 Å². The number of rotatable bonds is 2. The molecule has 3 nitrogen and oxygen atoms in total. The van der Waals surface area contributed by atoms with Crippen LogP contribution in [0.4, 0.5) is 0 Å². The van der Waals surface area contributed by atoms with Gasteiger partial charge in [0.2, 0.25) is 0 Å². The minimum absolute atomic E-state index is 1.03. The molecule has 0 amide bonds. The summed E-state index contributed by atoms with van der Waals surface area (Å²) < 4.78 is 0. The summed E-state index contributed by atoms with van der Waals surface area (Å²) in [6.07, 6.45) is 12.5. The van der Waals surface area contributed by atoms with Gasteiger partial charge in [-0.15, -0.1) is 0 Å². The summed E-state index contributed by atoms with van der Waals surface area (Å²) in [5, 5.41) is 3.44. The molecule has 2 fully saturated rings. The molecule has 0 radical (unpaired) electrons. The van der Waals surface area contributed by atoms with Crippen molar-refractivity contribution >= 4 is 0 Å². The zero-order valence-corrected chi connectivity index (χ0v) is 11.8. The molecule has 0 spiro atoms. The maximum absolute atomic E-state index is 4.12. The average Bonchev–Trinajstić information content (AvgIpc) is 2.48. The first kappa shape index (κ1) is 12.6. The van der Waals surface area contributed by atoms with Crippen molar-refractivity contribution < 1.29 is 0 Å². The van der Waals surface area contributed by atoms with Crippen molar-refractivity contribution in [2.24, 2.45) is 0 Å². The molecule has 0 atom stereocenters. The third kappa shape index (κ3) is 2.96. The van der Waals surface area contributed by atoms with E-state index in [1.165, 1.54) is 76.2 Å². The molecule has 19 heavy (non-hydrogen) atoms. The number of likely N-dealkylation sites (tertiary alicyclic amines) is 2. The maximum Gasteiger partial charge on any atom is 0.108 e. The van der Waals surface area contributed by atoms with Crippen LogP contribution in [0.1, 0.15) is 38.5 Å². The number of nitrogens with zero attached hydrogens (tertiary/aromatic N) is 2. The van der Waals surface area contributed by atoms with Gasteiger partial charge in [-0.2, -0.15) is 0 Å². The summed E-state index contributed by atoms with van der Waals surface area (Å²) in [6, 6.07) is 0. The van der Waals surface area contributed by atoms with E-state index in [4.69, 9.17) is 0 Å². The van der Waals surface area contributed by atoms with E-state index in [0.717, 1.165) is 5.70 Å². The number of nitrogens with one attached hydrogen (secondary N) is 1. The summed E-state index contributed by atoms with van der Waals surface area (Å²) in [5.74, 6) is 1.26. The predicted molar refractivity (Wildman–Crippen MR) is 79.3 cm³/mol. The van der Waals surface area contributed by atoms with Crippen LogP contribution in [0.25, 0.3) is 0 Å². The Balaban J connectivity index is 1.75. The summed E-state index contributed by atoms with van der Waals surface area (Å²) >= 11 is 0. The molecule has 0 aromatic carbocycles. The molecule has 0 unspecified atom stereocenters. The lowest BCUT2D eigenvalue weighted by Crippen LogP contribution is -2.38. The van der Waals surface area contributed by atoms with Gasteiger partial charge in [-0.25, -0.2) is 0 Å². The maximum atomic E-state index is 4.12. The Morgan fingerprint density at radius 2 is 1.37 bits per heavy atom. The van der Waals surface area contributed by atoms with Crippen molar-refractivity contribution in [3.63, 3.8) is 0 Å². The molecular weight excluding hydrogens is 234 g/mol. The third-order valence-corrected chi connectivity index (χ3v) is 4.31. The quantitative estimate of drug-likeness (QED) is 0.822. The Kier molecular flexibility index (Phi) is 3.81. The summed E-state index contributed by atoms with van der Waals surface area (Å²) in [5.41, 5.74) is 2.38. The Hall–Kier alpha value is -1.38. The number of piperidine rings is 2. The van der Waals surface area contributed by atoms with E-state index in [-0.39, 0.29) is 0 Å². The second-order valence-corrected chi connectivity index (χ2v) is 5.84. The molecule has 104 valence electrons. The van der Waals surface area contributed by atoms with Gasteiger partial charge in [0, 0.05) is 43.6 Å². The van der Waals surface area contributed by atoms with Gasteiger partial charge >= 0.3 is 0 Å². The Morgan fingerprint density at radius 1 is 0.789 bits per heavy atom. The highest BCUT2D eigenvalue weighted by atomic mass is 15.3. The van der Waals surface area contributed by atoms with Crippen LogP contribution in [0.5, 0.6) is 0 Å². The highest BCUT2D eigenvalue weighted by molar-refractivity contribution is 5.36. The predicted octanol–water partition coefficient (Wildman–Crippen LogP) is 2.80. The number of allylic oxidation sites excluding steroid dienone is 2. The average molecular weight is 259 g/mol. The monoisotopic (exact) mass is 259 g/mol. The molecule has 0 aromatic rings. The fourth-order valence-electron chi connectivity index (χ4n) is 3.24. The van der Waals surface area contributed by atoms with Crippen LogP contribution in [-0.4, -0.2) is 36.0 Å². The number of dihydropyridines is 1. The molecular formula is C16H25N3. The van der Waals surface area contributed by atoms with Gasteiger partial charge in [0.05, 0.1) is 0 Å². The van der Waals surface area contributed by atoms with E-state index in [0.29, 0.717) is 0 Å². The first-order chi connectivity index (χ1) is 9.33. The van der Waals surface area contributed by atoms with Crippen LogP contribution in [0, 0.1) is 0 Å². The minimum atomic E-state index is 1.03. The van der Waals surface area contributed by atoms with Gasteiger partial charge in [-0.1, -0.05) is 6.58 Å². The van der Waals surface area contributed by atoms with Crippen LogP contribution in [0.2, 0.25) is 0 Å². The molecule has 3 aliphatic heterocycles. The first-order valence-electron chi connectivity index (χ1n) is 7.72. The normalized spacial score (nSPS) is 24.7. The van der Waals surface area contributed by atoms with E-state index in [1.54, 1.807) is 0 Å². The van der Waals surface area contributed by atoms with Crippen molar-refractivity contribution in [3.05, 3.63) is 35.9 Å². The van der Waals surface area contributed by atoms with Gasteiger partial charge in [0.25, 0.3) is 0 Å². The Morgan fingerprint density at radius 3 is 2.00 bits per heavy atom. The molecule has 2 saturated heterocycles. The van der Waals surface area contributed by atoms with Crippen molar-refractivity contribution in [2.75, 3.05) is 26.2 Å². The number of hydrogen-bond donors (Lipinski definition) is 1. The topological polar surface area (TPSA) is 18.5 Å². The van der Waals surface area contributed by atoms with Crippen molar-refractivity contribution in [2.45, 2.75) is 38.5 Å². The standard InChI is InChI=1S/C16H25N3/c1-14-12-15(18-8-4-2-5-9-18)13-16(17-14)19-10-6-3-7-11-19/h12-13,17H,1-11H2. The molecule has 0 bridgehead atoms. The summed E-state index contributed by atoms with van der Waals surface area (Å²) in [7, 11) is 0. The van der Waals surface area contributed by atoms with E-state index in [2.05, 4.69) is 33.8 Å². The van der Waals surface area contributed by atoms with E-state index in [9.17, 15) is 0 Å². The molecule has 3 heteroatoms. The van der Waals surface area contributed by atoms with Gasteiger partial charge in [-0.05, 0) is 44.6 Å². The van der Waals surface area contributed by atoms with Gasteiger partial charge in [0.1, 0.15) is 5.82 Å². The second kappa shape index (κ2) is 5.72. The van der Waals surface area contributed by atoms with E-state index in [1.807, 2.05) is 0 Å². The highest BCUT2D eigenvalue weighted by Gasteiger charge is 2.20. The largest absolute Gasteiger partial charge is 0.371 e. The zero-order chi connectivity index (χ0) is 13.1. The fraction of sp³-hybridized carbons (Fsp3) is 0.625. The zero-order valence-electron chi connectivity index (χ0n) is 11.8. The van der Waals surface area contributed by atoms with Crippen LogP contribution < -0.4 is 5.32 Å². The SMILES string of the molecule is C=C1C=C(N2CCCCC2)C=C(N2CCCCC2)N1. The molecule has 3 heterocycles. The van der Waals surface area contributed by atoms with Crippen molar-refractivity contribution in [1.29, 1.82) is 0 Å². The summed E-state index contributed by atoms with van der Waals surface area (Å²) in [4.78, 5) is 4.99. The van der Waals surface area contributed by atoms with Gasteiger partial charge < -0.3 is 15.1 Å².